The first-order valence-corrected chi connectivity index (χ1v) is 8.88. The Kier molecular flexibility index (Phi) is 8.74. The molecule has 0 aromatic heterocycles. The van der Waals surface area contributed by atoms with E-state index in [0.29, 0.717) is 6.17 Å². The van der Waals surface area contributed by atoms with Gasteiger partial charge in [-0.25, -0.2) is 0 Å². The third-order valence-electron chi connectivity index (χ3n) is 4.65. The Balaban J connectivity index is 0.00000128. The van der Waals surface area contributed by atoms with Gasteiger partial charge in [-0.1, -0.05) is 41.0 Å². The predicted octanol–water partition coefficient (Wildman–Crippen LogP) is 3.27. The lowest BCUT2D eigenvalue weighted by atomic mass is 10.0. The molecule has 2 aliphatic heterocycles. The van der Waals surface area contributed by atoms with Gasteiger partial charge in [0.05, 0.1) is 6.17 Å². The molecule has 2 atom stereocenters. The summed E-state index contributed by atoms with van der Waals surface area (Å²) in [5.41, 5.74) is 0. The number of hydrogen-bond donors (Lipinski definition) is 1. The van der Waals surface area contributed by atoms with E-state index in [2.05, 4.69) is 35.9 Å². The van der Waals surface area contributed by atoms with Crippen LogP contribution in [0.5, 0.6) is 0 Å². The van der Waals surface area contributed by atoms with E-state index in [9.17, 15) is 0 Å². The van der Waals surface area contributed by atoms with Crippen molar-refractivity contribution >= 4 is 0 Å². The monoisotopic (exact) mass is 285 g/mol. The van der Waals surface area contributed by atoms with E-state index in [4.69, 9.17) is 0 Å². The number of nitrogens with zero attached hydrogens (tertiary/aromatic N) is 2. The zero-order valence-electron chi connectivity index (χ0n) is 14.5. The average Bonchev–Trinajstić information content (AvgIpc) is 2.97. The summed E-state index contributed by atoms with van der Waals surface area (Å²) in [7, 11) is 0. The molecule has 0 bridgehead atoms. The quantitative estimate of drug-likeness (QED) is 0.836. The molecule has 0 saturated carbocycles. The van der Waals surface area contributed by atoms with Crippen molar-refractivity contribution in [2.24, 2.45) is 11.8 Å². The second-order valence-corrected chi connectivity index (χ2v) is 6.49. The molecule has 2 aliphatic rings. The summed E-state index contributed by atoms with van der Waals surface area (Å²) < 4.78 is 0. The van der Waals surface area contributed by atoms with Crippen LogP contribution in [-0.2, 0) is 0 Å². The average molecular weight is 286 g/mol. The van der Waals surface area contributed by atoms with Crippen molar-refractivity contribution in [1.29, 1.82) is 0 Å². The topological polar surface area (TPSA) is 18.5 Å². The number of rotatable bonds is 5. The van der Waals surface area contributed by atoms with Crippen molar-refractivity contribution in [2.45, 2.75) is 60.0 Å². The number of nitrogens with one attached hydrogen (secondary N) is 1. The number of hydrogen-bond acceptors (Lipinski definition) is 3. The molecule has 0 aliphatic carbocycles. The van der Waals surface area contributed by atoms with Gasteiger partial charge in [-0.05, 0) is 37.8 Å². The Morgan fingerprint density at radius 3 is 2.30 bits per heavy atom. The predicted molar refractivity (Wildman–Crippen MR) is 91.1 cm³/mol. The van der Waals surface area contributed by atoms with Crippen LogP contribution < -0.4 is 5.32 Å². The van der Waals surface area contributed by atoms with Crippen LogP contribution in [0.4, 0.5) is 0 Å². The summed E-state index contributed by atoms with van der Waals surface area (Å²) in [5, 5.41) is 3.70. The highest BCUT2D eigenvalue weighted by Gasteiger charge is 2.29. The highest BCUT2D eigenvalue weighted by molar-refractivity contribution is 4.84. The van der Waals surface area contributed by atoms with Gasteiger partial charge in [0.25, 0.3) is 0 Å². The fourth-order valence-corrected chi connectivity index (χ4v) is 3.11. The largest absolute Gasteiger partial charge is 0.301 e. The van der Waals surface area contributed by atoms with Crippen molar-refractivity contribution in [3.63, 3.8) is 0 Å². The third-order valence-corrected chi connectivity index (χ3v) is 4.65. The zero-order chi connectivity index (χ0) is 15.0. The van der Waals surface area contributed by atoms with Gasteiger partial charge in [-0.2, -0.15) is 0 Å². The molecule has 122 valence electrons. The molecule has 0 aromatic carbocycles. The van der Waals surface area contributed by atoms with Crippen LogP contribution in [-0.4, -0.2) is 55.2 Å². The molecule has 3 heteroatoms. The maximum absolute atomic E-state index is 3.70. The maximum Gasteiger partial charge on any atom is 0.0601 e. The standard InChI is InChI=1S/C15H31N3.C2H6.H2/c1-4-14-11-15(16-12-14)18-9-7-17(8-10-18)6-5-13(2)3;1-2;/h13-16H,4-12H2,1-3H3;1-2H3;1H. The fraction of sp³-hybridized carbons (Fsp3) is 1.00. The van der Waals surface area contributed by atoms with Gasteiger partial charge < -0.3 is 10.2 Å². The fourth-order valence-electron chi connectivity index (χ4n) is 3.11. The Morgan fingerprint density at radius 2 is 1.80 bits per heavy atom. The Labute approximate surface area is 128 Å². The van der Waals surface area contributed by atoms with Crippen LogP contribution in [0, 0.1) is 11.8 Å². The Bertz CT molecular complexity index is 240. The molecule has 3 nitrogen and oxygen atoms in total. The second kappa shape index (κ2) is 9.75. The zero-order valence-corrected chi connectivity index (χ0v) is 14.5. The van der Waals surface area contributed by atoms with E-state index < -0.39 is 0 Å². The van der Waals surface area contributed by atoms with Crippen molar-refractivity contribution in [3.05, 3.63) is 0 Å². The molecular formula is C17H39N3. The van der Waals surface area contributed by atoms with Gasteiger partial charge in [-0.3, -0.25) is 4.90 Å². The van der Waals surface area contributed by atoms with Crippen LogP contribution >= 0.6 is 0 Å². The summed E-state index contributed by atoms with van der Waals surface area (Å²) in [4.78, 5) is 5.31. The van der Waals surface area contributed by atoms with Crippen LogP contribution in [0.3, 0.4) is 0 Å². The van der Waals surface area contributed by atoms with E-state index in [1.165, 1.54) is 58.5 Å². The normalized spacial score (nSPS) is 28.5. The summed E-state index contributed by atoms with van der Waals surface area (Å²) in [6.45, 7) is 18.5. The first-order chi connectivity index (χ1) is 9.69. The van der Waals surface area contributed by atoms with Crippen LogP contribution in [0.2, 0.25) is 0 Å². The lowest BCUT2D eigenvalue weighted by Gasteiger charge is -2.38. The van der Waals surface area contributed by atoms with Gasteiger partial charge in [0, 0.05) is 27.6 Å². The summed E-state index contributed by atoms with van der Waals surface area (Å²) in [6, 6.07) is 0. The molecule has 2 saturated heterocycles. The lowest BCUT2D eigenvalue weighted by molar-refractivity contribution is 0.0855. The highest BCUT2D eigenvalue weighted by atomic mass is 15.3. The van der Waals surface area contributed by atoms with Gasteiger partial charge in [-0.15, -0.1) is 0 Å². The van der Waals surface area contributed by atoms with Gasteiger partial charge in [0.1, 0.15) is 0 Å². The second-order valence-electron chi connectivity index (χ2n) is 6.49. The van der Waals surface area contributed by atoms with Crippen molar-refractivity contribution in [3.8, 4) is 0 Å². The van der Waals surface area contributed by atoms with Gasteiger partial charge in [0.15, 0.2) is 0 Å². The van der Waals surface area contributed by atoms with Crippen molar-refractivity contribution < 1.29 is 1.43 Å². The SMILES string of the molecule is CC.CCC1CNC(N2CCN(CCC(C)C)CC2)C1.[HH]. The smallest absolute Gasteiger partial charge is 0.0601 e. The molecule has 0 spiro atoms. The Morgan fingerprint density at radius 1 is 1.15 bits per heavy atom. The molecule has 2 unspecified atom stereocenters. The molecule has 0 aromatic rings. The molecule has 2 rings (SSSR count). The molecule has 0 amide bonds. The highest BCUT2D eigenvalue weighted by Crippen LogP contribution is 2.20. The van der Waals surface area contributed by atoms with E-state index >= 15 is 0 Å². The summed E-state index contributed by atoms with van der Waals surface area (Å²) in [6.07, 6.45) is 4.71. The molecule has 1 N–H and O–H groups in total. The third kappa shape index (κ3) is 5.71. The Hall–Kier alpha value is -0.120. The van der Waals surface area contributed by atoms with Crippen LogP contribution in [0.25, 0.3) is 0 Å². The molecule has 2 heterocycles. The van der Waals surface area contributed by atoms with Crippen LogP contribution in [0.15, 0.2) is 0 Å². The lowest BCUT2D eigenvalue weighted by Crippen LogP contribution is -2.53. The minimum atomic E-state index is 0. The summed E-state index contributed by atoms with van der Waals surface area (Å²) in [5.74, 6) is 1.75. The van der Waals surface area contributed by atoms with Gasteiger partial charge >= 0.3 is 0 Å². The molecule has 2 fully saturated rings. The first-order valence-electron chi connectivity index (χ1n) is 8.88. The molecular weight excluding hydrogens is 246 g/mol. The van der Waals surface area contributed by atoms with Crippen molar-refractivity contribution in [2.75, 3.05) is 39.3 Å². The van der Waals surface area contributed by atoms with E-state index in [1.54, 1.807) is 0 Å². The number of piperazine rings is 1. The van der Waals surface area contributed by atoms with Crippen LogP contribution in [0.1, 0.15) is 55.3 Å². The summed E-state index contributed by atoms with van der Waals surface area (Å²) >= 11 is 0. The first kappa shape index (κ1) is 17.9. The van der Waals surface area contributed by atoms with E-state index in [1.807, 2.05) is 13.8 Å². The van der Waals surface area contributed by atoms with Gasteiger partial charge in [0.2, 0.25) is 0 Å². The molecule has 0 radical (unpaired) electrons. The molecule has 20 heavy (non-hydrogen) atoms. The maximum atomic E-state index is 3.70. The minimum Gasteiger partial charge on any atom is -0.301 e. The minimum absolute atomic E-state index is 0. The van der Waals surface area contributed by atoms with Crippen molar-refractivity contribution in [1.82, 2.24) is 15.1 Å². The van der Waals surface area contributed by atoms with E-state index in [0.717, 1.165) is 11.8 Å². The van der Waals surface area contributed by atoms with E-state index in [-0.39, 0.29) is 1.43 Å².